The fraction of sp³-hybridized carbons (Fsp3) is 0.294. The van der Waals surface area contributed by atoms with Crippen molar-refractivity contribution in [3.8, 4) is 0 Å². The minimum Gasteiger partial charge on any atom is -0.385 e. The molecule has 0 heterocycles. The van der Waals surface area contributed by atoms with Crippen molar-refractivity contribution in [1.82, 2.24) is 0 Å². The predicted octanol–water partition coefficient (Wildman–Crippen LogP) is 4.11. The highest BCUT2D eigenvalue weighted by molar-refractivity contribution is 5.33. The van der Waals surface area contributed by atoms with E-state index >= 15 is 0 Å². The Morgan fingerprint density at radius 2 is 1.70 bits per heavy atom. The number of benzene rings is 2. The first-order valence-corrected chi connectivity index (χ1v) is 6.69. The van der Waals surface area contributed by atoms with E-state index in [0.29, 0.717) is 5.56 Å². The third-order valence-electron chi connectivity index (χ3n) is 3.67. The Kier molecular flexibility index (Phi) is 4.19. The molecule has 2 rings (SSSR count). The van der Waals surface area contributed by atoms with Crippen molar-refractivity contribution in [3.63, 3.8) is 0 Å². The van der Waals surface area contributed by atoms with Gasteiger partial charge in [0, 0.05) is 6.42 Å². The zero-order valence-corrected chi connectivity index (χ0v) is 11.7. The summed E-state index contributed by atoms with van der Waals surface area (Å²) in [6, 6.07) is 11.8. The third-order valence-corrected chi connectivity index (χ3v) is 3.67. The van der Waals surface area contributed by atoms with Crippen molar-refractivity contribution in [1.29, 1.82) is 0 Å². The molecule has 0 bridgehead atoms. The smallest absolute Gasteiger partial charge is 0.135 e. The summed E-state index contributed by atoms with van der Waals surface area (Å²) < 4.78 is 28.3. The van der Waals surface area contributed by atoms with Crippen LogP contribution in [0.2, 0.25) is 0 Å². The van der Waals surface area contributed by atoms with Crippen LogP contribution in [-0.2, 0) is 12.0 Å². The second-order valence-electron chi connectivity index (χ2n) is 5.10. The van der Waals surface area contributed by atoms with E-state index in [1.807, 2.05) is 30.3 Å². The molecule has 3 heteroatoms. The summed E-state index contributed by atoms with van der Waals surface area (Å²) in [4.78, 5) is 0. The Hall–Kier alpha value is -1.74. The normalized spacial score (nSPS) is 14.1. The zero-order chi connectivity index (χ0) is 14.8. The van der Waals surface area contributed by atoms with Crippen LogP contribution >= 0.6 is 0 Å². The van der Waals surface area contributed by atoms with Gasteiger partial charge in [0.25, 0.3) is 0 Å². The Morgan fingerprint density at radius 1 is 1.05 bits per heavy atom. The van der Waals surface area contributed by atoms with Crippen molar-refractivity contribution in [2.75, 3.05) is 0 Å². The maximum absolute atomic E-state index is 14.2. The van der Waals surface area contributed by atoms with Crippen molar-refractivity contribution >= 4 is 0 Å². The highest BCUT2D eigenvalue weighted by Gasteiger charge is 2.34. The summed E-state index contributed by atoms with van der Waals surface area (Å²) in [5, 5.41) is 10.8. The van der Waals surface area contributed by atoms with Crippen LogP contribution in [0.15, 0.2) is 42.5 Å². The molecule has 0 spiro atoms. The number of halogens is 2. The second-order valence-corrected chi connectivity index (χ2v) is 5.10. The quantitative estimate of drug-likeness (QED) is 0.891. The van der Waals surface area contributed by atoms with Crippen molar-refractivity contribution in [3.05, 3.63) is 70.8 Å². The van der Waals surface area contributed by atoms with E-state index in [4.69, 9.17) is 0 Å². The van der Waals surface area contributed by atoms with Gasteiger partial charge in [0.2, 0.25) is 0 Å². The first kappa shape index (κ1) is 14.7. The molecular formula is C17H18F2O. The lowest BCUT2D eigenvalue weighted by molar-refractivity contribution is 0.0252. The number of aliphatic hydroxyl groups is 1. The molecule has 0 aliphatic heterocycles. The molecule has 1 nitrogen and oxygen atoms in total. The summed E-state index contributed by atoms with van der Waals surface area (Å²) in [6.07, 6.45) is 0.417. The van der Waals surface area contributed by atoms with E-state index in [1.165, 1.54) is 12.1 Å². The highest BCUT2D eigenvalue weighted by atomic mass is 19.1. The van der Waals surface area contributed by atoms with Crippen molar-refractivity contribution < 1.29 is 13.9 Å². The van der Waals surface area contributed by atoms with Crippen LogP contribution in [0.5, 0.6) is 0 Å². The van der Waals surface area contributed by atoms with Crippen LogP contribution in [0.3, 0.4) is 0 Å². The van der Waals surface area contributed by atoms with E-state index in [9.17, 15) is 13.9 Å². The first-order chi connectivity index (χ1) is 9.48. The molecule has 1 N–H and O–H groups in total. The SMILES string of the molecule is CCC(O)(Cc1ccccc1)c1c(F)ccc(C)c1F. The van der Waals surface area contributed by atoms with Gasteiger partial charge >= 0.3 is 0 Å². The molecule has 0 saturated carbocycles. The number of hydrogen-bond acceptors (Lipinski definition) is 1. The van der Waals surface area contributed by atoms with Crippen LogP contribution in [0.4, 0.5) is 8.78 Å². The molecule has 0 aromatic heterocycles. The summed E-state index contributed by atoms with van der Waals surface area (Å²) >= 11 is 0. The molecular weight excluding hydrogens is 258 g/mol. The minimum atomic E-state index is -1.54. The summed E-state index contributed by atoms with van der Waals surface area (Å²) in [7, 11) is 0. The maximum Gasteiger partial charge on any atom is 0.135 e. The van der Waals surface area contributed by atoms with Crippen molar-refractivity contribution in [2.45, 2.75) is 32.3 Å². The largest absolute Gasteiger partial charge is 0.385 e. The summed E-state index contributed by atoms with van der Waals surface area (Å²) in [6.45, 7) is 3.29. The van der Waals surface area contributed by atoms with Crippen LogP contribution in [-0.4, -0.2) is 5.11 Å². The van der Waals surface area contributed by atoms with Gasteiger partial charge < -0.3 is 5.11 Å². The van der Waals surface area contributed by atoms with Gasteiger partial charge in [-0.2, -0.15) is 0 Å². The van der Waals surface area contributed by atoms with Gasteiger partial charge in [0.05, 0.1) is 11.2 Å². The molecule has 1 atom stereocenters. The Bertz CT molecular complexity index is 595. The zero-order valence-electron chi connectivity index (χ0n) is 11.7. The van der Waals surface area contributed by atoms with Gasteiger partial charge in [0.1, 0.15) is 11.6 Å². The third kappa shape index (κ3) is 2.73. The van der Waals surface area contributed by atoms with E-state index < -0.39 is 17.2 Å². The van der Waals surface area contributed by atoms with E-state index in [1.54, 1.807) is 13.8 Å². The average Bonchev–Trinajstić information content (AvgIpc) is 2.44. The molecule has 0 radical (unpaired) electrons. The molecule has 0 amide bonds. The highest BCUT2D eigenvalue weighted by Crippen LogP contribution is 2.34. The summed E-state index contributed by atoms with van der Waals surface area (Å²) in [5.41, 5.74) is -0.594. The number of hydrogen-bond donors (Lipinski definition) is 1. The monoisotopic (exact) mass is 276 g/mol. The molecule has 0 fully saturated rings. The average molecular weight is 276 g/mol. The topological polar surface area (TPSA) is 20.2 Å². The van der Waals surface area contributed by atoms with Gasteiger partial charge in [-0.05, 0) is 30.5 Å². The van der Waals surface area contributed by atoms with Crippen LogP contribution < -0.4 is 0 Å². The predicted molar refractivity (Wildman–Crippen MR) is 75.4 cm³/mol. The Balaban J connectivity index is 2.48. The lowest BCUT2D eigenvalue weighted by Gasteiger charge is -2.29. The van der Waals surface area contributed by atoms with Crippen LogP contribution in [0.25, 0.3) is 0 Å². The van der Waals surface area contributed by atoms with Crippen LogP contribution in [0, 0.1) is 18.6 Å². The fourth-order valence-corrected chi connectivity index (χ4v) is 2.41. The fourth-order valence-electron chi connectivity index (χ4n) is 2.41. The second kappa shape index (κ2) is 5.71. The molecule has 20 heavy (non-hydrogen) atoms. The number of rotatable bonds is 4. The summed E-state index contributed by atoms with van der Waals surface area (Å²) in [5.74, 6) is -1.36. The number of aryl methyl sites for hydroxylation is 1. The standard InChI is InChI=1S/C17H18F2O/c1-3-17(20,11-13-7-5-4-6-8-13)15-14(18)10-9-12(2)16(15)19/h4-10,20H,3,11H2,1-2H3. The van der Waals surface area contributed by atoms with E-state index in [2.05, 4.69) is 0 Å². The molecule has 106 valence electrons. The van der Waals surface area contributed by atoms with E-state index in [0.717, 1.165) is 5.56 Å². The van der Waals surface area contributed by atoms with Gasteiger partial charge in [0.15, 0.2) is 0 Å². The minimum absolute atomic E-state index is 0.182. The van der Waals surface area contributed by atoms with Crippen LogP contribution in [0.1, 0.15) is 30.0 Å². The molecule has 0 aliphatic rings. The van der Waals surface area contributed by atoms with E-state index in [-0.39, 0.29) is 18.4 Å². The molecule has 2 aromatic carbocycles. The van der Waals surface area contributed by atoms with Gasteiger partial charge in [-0.3, -0.25) is 0 Å². The maximum atomic E-state index is 14.2. The molecule has 1 unspecified atom stereocenters. The molecule has 2 aromatic rings. The van der Waals surface area contributed by atoms with Gasteiger partial charge in [-0.1, -0.05) is 43.3 Å². The lowest BCUT2D eigenvalue weighted by Crippen LogP contribution is -2.30. The molecule has 0 aliphatic carbocycles. The lowest BCUT2D eigenvalue weighted by atomic mass is 9.83. The Labute approximate surface area is 117 Å². The van der Waals surface area contributed by atoms with Gasteiger partial charge in [-0.25, -0.2) is 8.78 Å². The molecule has 0 saturated heterocycles. The first-order valence-electron chi connectivity index (χ1n) is 6.69. The van der Waals surface area contributed by atoms with Gasteiger partial charge in [-0.15, -0.1) is 0 Å². The van der Waals surface area contributed by atoms with Crippen molar-refractivity contribution in [2.24, 2.45) is 0 Å². The Morgan fingerprint density at radius 3 is 2.30 bits per heavy atom.